The highest BCUT2D eigenvalue weighted by molar-refractivity contribution is 5.85. The topological polar surface area (TPSA) is 75.4 Å². The van der Waals surface area contributed by atoms with Crippen molar-refractivity contribution >= 4 is 11.8 Å². The Kier molecular flexibility index (Phi) is 8.35. The summed E-state index contributed by atoms with van der Waals surface area (Å²) in [5, 5.41) is 2.94. The van der Waals surface area contributed by atoms with Crippen LogP contribution in [0.5, 0.6) is 0 Å². The Labute approximate surface area is 128 Å². The number of primary amides is 1. The predicted octanol–water partition coefficient (Wildman–Crippen LogP) is 1.33. The van der Waals surface area contributed by atoms with Gasteiger partial charge in [0.25, 0.3) is 0 Å². The van der Waals surface area contributed by atoms with Crippen molar-refractivity contribution in [3.63, 3.8) is 0 Å². The van der Waals surface area contributed by atoms with Gasteiger partial charge in [0.2, 0.25) is 11.8 Å². The fourth-order valence-electron chi connectivity index (χ4n) is 2.51. The summed E-state index contributed by atoms with van der Waals surface area (Å²) >= 11 is 0. The van der Waals surface area contributed by atoms with Gasteiger partial charge in [0.15, 0.2) is 0 Å². The zero-order valence-electron chi connectivity index (χ0n) is 13.4. The maximum Gasteiger partial charge on any atom is 0.223 e. The molecule has 1 atom stereocenters. The van der Waals surface area contributed by atoms with Crippen LogP contribution in [0.2, 0.25) is 0 Å². The van der Waals surface area contributed by atoms with E-state index in [1.54, 1.807) is 6.92 Å². The minimum atomic E-state index is -0.362. The van der Waals surface area contributed by atoms with E-state index in [1.807, 2.05) is 0 Å². The van der Waals surface area contributed by atoms with Crippen molar-refractivity contribution in [2.75, 3.05) is 26.2 Å². The van der Waals surface area contributed by atoms with Crippen molar-refractivity contribution in [1.29, 1.82) is 0 Å². The molecule has 0 unspecified atom stereocenters. The molecule has 1 aliphatic heterocycles. The molecule has 0 aromatic heterocycles. The Bertz CT molecular complexity index is 325. The molecule has 1 aliphatic rings. The predicted molar refractivity (Wildman–Crippen MR) is 84.4 cm³/mol. The molecule has 1 rings (SSSR count). The number of carbonyl (C=O) groups is 2. The highest BCUT2D eigenvalue weighted by Crippen LogP contribution is 2.16. The van der Waals surface area contributed by atoms with Gasteiger partial charge in [-0.2, -0.15) is 0 Å². The van der Waals surface area contributed by atoms with Crippen LogP contribution in [0, 0.1) is 18.3 Å². The molecule has 5 heteroatoms. The minimum absolute atomic E-state index is 0.0866. The van der Waals surface area contributed by atoms with Crippen LogP contribution < -0.4 is 11.1 Å². The van der Waals surface area contributed by atoms with E-state index in [0.29, 0.717) is 12.3 Å². The Balaban J connectivity index is 2.10. The lowest BCUT2D eigenvalue weighted by Crippen LogP contribution is -2.39. The third-order valence-corrected chi connectivity index (χ3v) is 4.24. The summed E-state index contributed by atoms with van der Waals surface area (Å²) in [6, 6.07) is 0. The quantitative estimate of drug-likeness (QED) is 0.674. The molecular weight excluding hydrogens is 266 g/mol. The van der Waals surface area contributed by atoms with E-state index in [1.165, 1.54) is 25.8 Å². The highest BCUT2D eigenvalue weighted by atomic mass is 16.2. The van der Waals surface area contributed by atoms with Crippen molar-refractivity contribution in [3.05, 3.63) is 6.42 Å². The van der Waals surface area contributed by atoms with Crippen LogP contribution in [-0.2, 0) is 9.59 Å². The SMILES string of the molecule is CCCCN1CCC(CNC(=O)[CH]C[C@H](C)C(N)=O)CC1. The summed E-state index contributed by atoms with van der Waals surface area (Å²) in [4.78, 5) is 25.1. The van der Waals surface area contributed by atoms with Crippen LogP contribution in [0.25, 0.3) is 0 Å². The molecule has 0 aromatic carbocycles. The first-order valence-corrected chi connectivity index (χ1v) is 8.15. The molecule has 3 N–H and O–H groups in total. The zero-order valence-corrected chi connectivity index (χ0v) is 13.4. The second-order valence-corrected chi connectivity index (χ2v) is 6.13. The van der Waals surface area contributed by atoms with Gasteiger partial charge >= 0.3 is 0 Å². The lowest BCUT2D eigenvalue weighted by atomic mass is 9.96. The Morgan fingerprint density at radius 1 is 1.38 bits per heavy atom. The summed E-state index contributed by atoms with van der Waals surface area (Å²) in [5.74, 6) is -0.152. The van der Waals surface area contributed by atoms with Crippen molar-refractivity contribution in [1.82, 2.24) is 10.2 Å². The Hall–Kier alpha value is -1.10. The number of hydrogen-bond acceptors (Lipinski definition) is 3. The summed E-state index contributed by atoms with van der Waals surface area (Å²) in [6.45, 7) is 8.18. The van der Waals surface area contributed by atoms with E-state index in [2.05, 4.69) is 17.1 Å². The van der Waals surface area contributed by atoms with Crippen LogP contribution in [-0.4, -0.2) is 42.9 Å². The first-order valence-electron chi connectivity index (χ1n) is 8.15. The van der Waals surface area contributed by atoms with Gasteiger partial charge < -0.3 is 16.0 Å². The van der Waals surface area contributed by atoms with Crippen molar-refractivity contribution in [2.45, 2.75) is 46.0 Å². The van der Waals surface area contributed by atoms with Crippen LogP contribution >= 0.6 is 0 Å². The summed E-state index contributed by atoms with van der Waals surface area (Å²) in [7, 11) is 0. The fourth-order valence-corrected chi connectivity index (χ4v) is 2.51. The van der Waals surface area contributed by atoms with Gasteiger partial charge in [0, 0.05) is 12.5 Å². The molecule has 0 saturated carbocycles. The van der Waals surface area contributed by atoms with E-state index in [0.717, 1.165) is 32.5 Å². The fraction of sp³-hybridized carbons (Fsp3) is 0.812. The average molecular weight is 296 g/mol. The number of rotatable bonds is 9. The summed E-state index contributed by atoms with van der Waals surface area (Å²) < 4.78 is 0. The first kappa shape index (κ1) is 18.0. The second-order valence-electron chi connectivity index (χ2n) is 6.13. The van der Waals surface area contributed by atoms with Crippen LogP contribution in [0.4, 0.5) is 0 Å². The van der Waals surface area contributed by atoms with Crippen molar-refractivity contribution < 1.29 is 9.59 Å². The van der Waals surface area contributed by atoms with Gasteiger partial charge in [-0.3, -0.25) is 9.59 Å². The third-order valence-electron chi connectivity index (χ3n) is 4.24. The lowest BCUT2D eigenvalue weighted by Gasteiger charge is -2.31. The number of piperidine rings is 1. The van der Waals surface area contributed by atoms with Crippen LogP contribution in [0.1, 0.15) is 46.0 Å². The molecule has 1 heterocycles. The molecule has 0 spiro atoms. The lowest BCUT2D eigenvalue weighted by molar-refractivity contribution is -0.121. The first-order chi connectivity index (χ1) is 10.0. The number of likely N-dealkylation sites (tertiary alicyclic amines) is 1. The third kappa shape index (κ3) is 7.46. The molecule has 0 bridgehead atoms. The molecule has 2 amide bonds. The van der Waals surface area contributed by atoms with Gasteiger partial charge in [-0.1, -0.05) is 20.3 Å². The summed E-state index contributed by atoms with van der Waals surface area (Å²) in [5.41, 5.74) is 5.17. The van der Waals surface area contributed by atoms with E-state index < -0.39 is 0 Å². The normalized spacial score (nSPS) is 18.4. The molecule has 1 radical (unpaired) electrons. The van der Waals surface area contributed by atoms with Gasteiger partial charge in [-0.15, -0.1) is 0 Å². The van der Waals surface area contributed by atoms with Gasteiger partial charge in [0.05, 0.1) is 6.42 Å². The van der Waals surface area contributed by atoms with Crippen molar-refractivity contribution in [3.8, 4) is 0 Å². The molecule has 5 nitrogen and oxygen atoms in total. The monoisotopic (exact) mass is 296 g/mol. The number of nitrogens with two attached hydrogens (primary N) is 1. The van der Waals surface area contributed by atoms with Gasteiger partial charge in [0.1, 0.15) is 0 Å². The number of amides is 2. The van der Waals surface area contributed by atoms with Gasteiger partial charge in [-0.25, -0.2) is 0 Å². The maximum atomic E-state index is 11.7. The van der Waals surface area contributed by atoms with E-state index in [-0.39, 0.29) is 17.7 Å². The molecule has 0 aromatic rings. The number of nitrogens with zero attached hydrogens (tertiary/aromatic N) is 1. The second kappa shape index (κ2) is 9.77. The molecule has 21 heavy (non-hydrogen) atoms. The van der Waals surface area contributed by atoms with Crippen LogP contribution in [0.3, 0.4) is 0 Å². The van der Waals surface area contributed by atoms with E-state index in [4.69, 9.17) is 5.73 Å². The summed E-state index contributed by atoms with van der Waals surface area (Å²) in [6.07, 6.45) is 6.77. The smallest absolute Gasteiger partial charge is 0.223 e. The average Bonchev–Trinajstić information content (AvgIpc) is 2.49. The maximum absolute atomic E-state index is 11.7. The van der Waals surface area contributed by atoms with Crippen LogP contribution in [0.15, 0.2) is 0 Å². The number of unbranched alkanes of at least 4 members (excludes halogenated alkanes) is 1. The Morgan fingerprint density at radius 3 is 2.62 bits per heavy atom. The standard InChI is InChI=1S/C16H30N3O2/c1-3-4-9-19-10-7-14(8-11-19)12-18-15(20)6-5-13(2)16(17)21/h6,13-14H,3-5,7-12H2,1-2H3,(H2,17,21)(H,18,20)/t13-/m0/s1. The van der Waals surface area contributed by atoms with E-state index >= 15 is 0 Å². The Morgan fingerprint density at radius 2 is 2.05 bits per heavy atom. The highest BCUT2D eigenvalue weighted by Gasteiger charge is 2.19. The zero-order chi connectivity index (χ0) is 15.7. The number of carbonyl (C=O) groups excluding carboxylic acids is 2. The molecule has 121 valence electrons. The molecular formula is C16H30N3O2. The van der Waals surface area contributed by atoms with Gasteiger partial charge in [-0.05, 0) is 51.2 Å². The van der Waals surface area contributed by atoms with E-state index in [9.17, 15) is 9.59 Å². The minimum Gasteiger partial charge on any atom is -0.369 e. The molecule has 0 aliphatic carbocycles. The molecule has 1 saturated heterocycles. The number of nitrogens with one attached hydrogen (secondary N) is 1. The molecule has 1 fully saturated rings. The van der Waals surface area contributed by atoms with Crippen molar-refractivity contribution in [2.24, 2.45) is 17.6 Å². The number of hydrogen-bond donors (Lipinski definition) is 2. The largest absolute Gasteiger partial charge is 0.369 e.